The van der Waals surface area contributed by atoms with Gasteiger partial charge in [-0.05, 0) is 50.5 Å². The van der Waals surface area contributed by atoms with Crippen molar-refractivity contribution < 1.29 is 19.1 Å². The Balaban J connectivity index is 1.85. The van der Waals surface area contributed by atoms with Gasteiger partial charge in [0.2, 0.25) is 5.91 Å². The highest BCUT2D eigenvalue weighted by Crippen LogP contribution is 2.17. The van der Waals surface area contributed by atoms with Crippen molar-refractivity contribution in [2.24, 2.45) is 0 Å². The minimum Gasteiger partial charge on any atom is -0.452 e. The molecule has 7 heteroatoms. The van der Waals surface area contributed by atoms with Crippen molar-refractivity contribution in [3.8, 4) is 6.07 Å². The van der Waals surface area contributed by atoms with E-state index in [1.165, 1.54) is 12.1 Å². The van der Waals surface area contributed by atoms with Crippen molar-refractivity contribution >= 4 is 23.5 Å². The van der Waals surface area contributed by atoms with E-state index in [-0.39, 0.29) is 30.5 Å². The van der Waals surface area contributed by atoms with Crippen LogP contribution in [0.15, 0.2) is 24.3 Å². The Morgan fingerprint density at radius 2 is 2.00 bits per heavy atom. The second-order valence-electron chi connectivity index (χ2n) is 5.97. The number of carbonyl (C=O) groups is 3. The van der Waals surface area contributed by atoms with Crippen LogP contribution in [0.1, 0.15) is 43.0 Å². The van der Waals surface area contributed by atoms with E-state index in [0.29, 0.717) is 12.2 Å². The van der Waals surface area contributed by atoms with Crippen LogP contribution in [0.5, 0.6) is 0 Å². The zero-order chi connectivity index (χ0) is 18.2. The molecular formula is C18H21N3O4. The molecule has 1 fully saturated rings. The number of likely N-dealkylation sites (tertiary alicyclic amines) is 1. The number of benzene rings is 1. The zero-order valence-corrected chi connectivity index (χ0v) is 14.2. The summed E-state index contributed by atoms with van der Waals surface area (Å²) < 4.78 is 5.09. The van der Waals surface area contributed by atoms with Gasteiger partial charge in [0.15, 0.2) is 6.61 Å². The third-order valence-corrected chi connectivity index (χ3v) is 4.09. The topological polar surface area (TPSA) is 99.5 Å². The smallest absolute Gasteiger partial charge is 0.338 e. The van der Waals surface area contributed by atoms with E-state index in [4.69, 9.17) is 10.00 Å². The summed E-state index contributed by atoms with van der Waals surface area (Å²) in [7, 11) is 0. The van der Waals surface area contributed by atoms with Gasteiger partial charge in [0.05, 0.1) is 11.6 Å². The highest BCUT2D eigenvalue weighted by atomic mass is 16.5. The fraction of sp³-hybridized carbons (Fsp3) is 0.444. The number of piperidine rings is 1. The molecule has 1 saturated heterocycles. The molecule has 1 aromatic carbocycles. The zero-order valence-electron chi connectivity index (χ0n) is 14.2. The molecule has 1 aliphatic heterocycles. The lowest BCUT2D eigenvalue weighted by Gasteiger charge is -2.33. The van der Waals surface area contributed by atoms with Crippen LogP contribution in [-0.2, 0) is 14.3 Å². The number of rotatable bonds is 5. The molecule has 1 aromatic rings. The molecule has 1 N–H and O–H groups in total. The van der Waals surface area contributed by atoms with Crippen molar-refractivity contribution in [3.63, 3.8) is 0 Å². The number of nitrogens with zero attached hydrogens (tertiary/aromatic N) is 2. The average molecular weight is 343 g/mol. The molecule has 1 aliphatic rings. The highest BCUT2D eigenvalue weighted by molar-refractivity contribution is 5.94. The molecule has 0 radical (unpaired) electrons. The molecule has 1 heterocycles. The van der Waals surface area contributed by atoms with Crippen molar-refractivity contribution in [1.29, 1.82) is 5.26 Å². The normalized spacial score (nSPS) is 16.6. The number of carbonyl (C=O) groups excluding carboxylic acids is 3. The van der Waals surface area contributed by atoms with Crippen LogP contribution in [0.3, 0.4) is 0 Å². The van der Waals surface area contributed by atoms with Gasteiger partial charge in [-0.3, -0.25) is 9.59 Å². The molecule has 132 valence electrons. The van der Waals surface area contributed by atoms with Gasteiger partial charge in [-0.25, -0.2) is 4.79 Å². The maximum atomic E-state index is 12.2. The lowest BCUT2D eigenvalue weighted by molar-refractivity contribution is -0.137. The van der Waals surface area contributed by atoms with Crippen LogP contribution in [0.4, 0.5) is 5.69 Å². The van der Waals surface area contributed by atoms with Gasteiger partial charge in [-0.15, -0.1) is 0 Å². The molecule has 25 heavy (non-hydrogen) atoms. The number of hydrogen-bond donors (Lipinski definition) is 1. The lowest BCUT2D eigenvalue weighted by Crippen LogP contribution is -2.44. The summed E-state index contributed by atoms with van der Waals surface area (Å²) in [5.41, 5.74) is 0.771. The summed E-state index contributed by atoms with van der Waals surface area (Å²) in [6, 6.07) is 8.01. The molecule has 2 rings (SSSR count). The van der Waals surface area contributed by atoms with Crippen LogP contribution in [-0.4, -0.2) is 41.9 Å². The Bertz CT molecular complexity index is 679. The molecule has 0 aliphatic carbocycles. The Morgan fingerprint density at radius 3 is 2.64 bits per heavy atom. The van der Waals surface area contributed by atoms with Gasteiger partial charge >= 0.3 is 5.97 Å². The van der Waals surface area contributed by atoms with E-state index in [1.54, 1.807) is 23.1 Å². The fourth-order valence-electron chi connectivity index (χ4n) is 2.73. The Kier molecular flexibility index (Phi) is 6.52. The van der Waals surface area contributed by atoms with Crippen molar-refractivity contribution in [2.75, 3.05) is 18.5 Å². The van der Waals surface area contributed by atoms with Crippen LogP contribution < -0.4 is 5.32 Å². The third-order valence-electron chi connectivity index (χ3n) is 4.09. The number of amides is 2. The van der Waals surface area contributed by atoms with E-state index in [9.17, 15) is 14.4 Å². The van der Waals surface area contributed by atoms with E-state index < -0.39 is 11.9 Å². The van der Waals surface area contributed by atoms with E-state index in [1.807, 2.05) is 6.92 Å². The summed E-state index contributed by atoms with van der Waals surface area (Å²) in [4.78, 5) is 37.3. The minimum atomic E-state index is -0.590. The Hall–Kier alpha value is -2.88. The third kappa shape index (κ3) is 5.31. The maximum absolute atomic E-state index is 12.2. The largest absolute Gasteiger partial charge is 0.452 e. The minimum absolute atomic E-state index is 0.177. The second-order valence-corrected chi connectivity index (χ2v) is 5.97. The van der Waals surface area contributed by atoms with E-state index in [2.05, 4.69) is 5.32 Å². The molecule has 7 nitrogen and oxygen atoms in total. The second kappa shape index (κ2) is 8.83. The standard InChI is InChI=1S/C18H21N3O4/c1-13-4-2-3-11-21(13)17(23)12-25-18(24)14-5-7-15(8-6-14)20-16(22)9-10-19/h5-8,13H,2-4,9,11-12H2,1H3,(H,20,22)/t13-/m0/s1. The fourth-order valence-corrected chi connectivity index (χ4v) is 2.73. The lowest BCUT2D eigenvalue weighted by atomic mass is 10.0. The summed E-state index contributed by atoms with van der Waals surface area (Å²) >= 11 is 0. The number of anilines is 1. The number of ether oxygens (including phenoxy) is 1. The summed E-state index contributed by atoms with van der Waals surface area (Å²) in [6.07, 6.45) is 2.82. The van der Waals surface area contributed by atoms with Gasteiger partial charge in [-0.2, -0.15) is 5.26 Å². The molecule has 0 aromatic heterocycles. The molecule has 0 bridgehead atoms. The monoisotopic (exact) mass is 343 g/mol. The van der Waals surface area contributed by atoms with E-state index in [0.717, 1.165) is 19.3 Å². The van der Waals surface area contributed by atoms with Crippen LogP contribution in [0.25, 0.3) is 0 Å². The van der Waals surface area contributed by atoms with Gasteiger partial charge in [-0.1, -0.05) is 0 Å². The summed E-state index contributed by atoms with van der Waals surface area (Å²) in [5, 5.41) is 11.0. The molecule has 2 amide bonds. The first-order chi connectivity index (χ1) is 12.0. The van der Waals surface area contributed by atoms with Gasteiger partial charge in [0, 0.05) is 18.3 Å². The average Bonchev–Trinajstić information content (AvgIpc) is 2.60. The number of hydrogen-bond acceptors (Lipinski definition) is 5. The van der Waals surface area contributed by atoms with Crippen LogP contribution in [0.2, 0.25) is 0 Å². The molecule has 0 saturated carbocycles. The number of nitrogens with one attached hydrogen (secondary N) is 1. The maximum Gasteiger partial charge on any atom is 0.338 e. The van der Waals surface area contributed by atoms with Crippen LogP contribution in [0, 0.1) is 11.3 Å². The van der Waals surface area contributed by atoms with Gasteiger partial charge in [0.25, 0.3) is 5.91 Å². The number of esters is 1. The summed E-state index contributed by atoms with van der Waals surface area (Å²) in [6.45, 7) is 2.43. The molecule has 0 spiro atoms. The molecule has 1 atom stereocenters. The SMILES string of the molecule is C[C@H]1CCCCN1C(=O)COC(=O)c1ccc(NC(=O)CC#N)cc1. The predicted molar refractivity (Wildman–Crippen MR) is 90.6 cm³/mol. The predicted octanol–water partition coefficient (Wildman–Crippen LogP) is 2.10. The van der Waals surface area contributed by atoms with E-state index >= 15 is 0 Å². The van der Waals surface area contributed by atoms with Gasteiger partial charge in [0.1, 0.15) is 6.42 Å². The first-order valence-electron chi connectivity index (χ1n) is 8.24. The first-order valence-corrected chi connectivity index (χ1v) is 8.24. The van der Waals surface area contributed by atoms with Crippen molar-refractivity contribution in [3.05, 3.63) is 29.8 Å². The quantitative estimate of drug-likeness (QED) is 0.825. The highest BCUT2D eigenvalue weighted by Gasteiger charge is 2.24. The van der Waals surface area contributed by atoms with Crippen molar-refractivity contribution in [2.45, 2.75) is 38.6 Å². The Labute approximate surface area is 146 Å². The number of nitriles is 1. The first kappa shape index (κ1) is 18.5. The van der Waals surface area contributed by atoms with Gasteiger partial charge < -0.3 is 15.0 Å². The Morgan fingerprint density at radius 1 is 1.28 bits per heavy atom. The molecule has 0 unspecified atom stereocenters. The van der Waals surface area contributed by atoms with Crippen LogP contribution >= 0.6 is 0 Å². The summed E-state index contributed by atoms with van der Waals surface area (Å²) in [5.74, 6) is -1.19. The van der Waals surface area contributed by atoms with Crippen molar-refractivity contribution in [1.82, 2.24) is 4.90 Å². The molecular weight excluding hydrogens is 322 g/mol.